The van der Waals surface area contributed by atoms with Gasteiger partial charge in [-0.1, -0.05) is 12.1 Å². The first-order valence-electron chi connectivity index (χ1n) is 12.7. The highest BCUT2D eigenvalue weighted by molar-refractivity contribution is 5.48. The van der Waals surface area contributed by atoms with Crippen LogP contribution in [-0.4, -0.2) is 48.1 Å². The van der Waals surface area contributed by atoms with Crippen LogP contribution in [0.1, 0.15) is 54.5 Å². The highest BCUT2D eigenvalue weighted by Crippen LogP contribution is 2.57. The molecule has 1 unspecified atom stereocenters. The topological polar surface area (TPSA) is 48.3 Å². The molecular weight excluding hydrogens is 505 g/mol. The van der Waals surface area contributed by atoms with E-state index in [-0.39, 0.29) is 30.3 Å². The van der Waals surface area contributed by atoms with E-state index >= 15 is 0 Å². The molecule has 1 saturated carbocycles. The maximum Gasteiger partial charge on any atom is 0.450 e. The Morgan fingerprint density at radius 2 is 1.97 bits per heavy atom. The van der Waals surface area contributed by atoms with Crippen LogP contribution >= 0.6 is 0 Å². The number of ether oxygens (including phenoxy) is 2. The average molecular weight is 536 g/mol. The lowest BCUT2D eigenvalue weighted by atomic mass is 9.78. The Kier molecular flexibility index (Phi) is 7.46. The Morgan fingerprint density at radius 3 is 2.68 bits per heavy atom. The molecule has 5 nitrogen and oxygen atoms in total. The highest BCUT2D eigenvalue weighted by Gasteiger charge is 2.54. The molecule has 1 aliphatic heterocycles. The molecular formula is C28H30F5N3O2. The molecule has 1 saturated heterocycles. The minimum absolute atomic E-state index is 0.0384. The van der Waals surface area contributed by atoms with Crippen LogP contribution in [0.15, 0.2) is 54.9 Å². The van der Waals surface area contributed by atoms with Crippen LogP contribution in [0.2, 0.25) is 0 Å². The minimum Gasteiger partial charge on any atom is -0.496 e. The number of halogens is 5. The summed E-state index contributed by atoms with van der Waals surface area (Å²) in [5, 5.41) is 3.10. The van der Waals surface area contributed by atoms with Gasteiger partial charge in [0.2, 0.25) is 5.82 Å². The molecule has 1 aliphatic carbocycles. The largest absolute Gasteiger partial charge is 0.496 e. The number of hydrogen-bond donors (Lipinski definition) is 1. The average Bonchev–Trinajstić information content (AvgIpc) is 3.63. The second-order valence-electron chi connectivity index (χ2n) is 9.97. The Labute approximate surface area is 218 Å². The van der Waals surface area contributed by atoms with Crippen LogP contribution in [0, 0.1) is 5.82 Å². The number of nitrogens with zero attached hydrogens (tertiary/aromatic N) is 2. The van der Waals surface area contributed by atoms with Crippen molar-refractivity contribution in [1.29, 1.82) is 0 Å². The van der Waals surface area contributed by atoms with Crippen LogP contribution in [0.4, 0.5) is 22.0 Å². The van der Waals surface area contributed by atoms with Crippen LogP contribution in [0.25, 0.3) is 5.69 Å². The number of nitrogens with one attached hydrogen (secondary N) is 1. The maximum atomic E-state index is 13.6. The Bertz CT molecular complexity index is 1250. The molecule has 1 spiro atoms. The zero-order valence-electron chi connectivity index (χ0n) is 21.0. The molecule has 3 aromatic rings. The molecule has 2 fully saturated rings. The van der Waals surface area contributed by atoms with Crippen molar-refractivity contribution in [2.45, 2.75) is 55.4 Å². The third kappa shape index (κ3) is 5.03. The van der Waals surface area contributed by atoms with Crippen LogP contribution in [-0.2, 0) is 10.9 Å². The fourth-order valence-corrected chi connectivity index (χ4v) is 6.22. The number of alkyl halides is 4. The molecule has 10 heteroatoms. The zero-order chi connectivity index (χ0) is 26.9. The van der Waals surface area contributed by atoms with Gasteiger partial charge in [0.25, 0.3) is 0 Å². The summed E-state index contributed by atoms with van der Waals surface area (Å²) < 4.78 is 80.8. The molecule has 0 amide bonds. The molecule has 0 radical (unpaired) electrons. The smallest absolute Gasteiger partial charge is 0.450 e. The zero-order valence-corrected chi connectivity index (χ0v) is 21.0. The highest BCUT2D eigenvalue weighted by atomic mass is 19.4. The van der Waals surface area contributed by atoms with E-state index in [0.29, 0.717) is 24.4 Å². The molecule has 38 heavy (non-hydrogen) atoms. The summed E-state index contributed by atoms with van der Waals surface area (Å²) in [5.74, 6) is -0.966. The Balaban J connectivity index is 1.54. The summed E-state index contributed by atoms with van der Waals surface area (Å²) in [5.41, 5.74) is 1.50. The molecule has 1 aromatic heterocycles. The third-order valence-electron chi connectivity index (χ3n) is 7.80. The number of benzene rings is 2. The van der Waals surface area contributed by atoms with Crippen molar-refractivity contribution in [1.82, 2.24) is 14.9 Å². The summed E-state index contributed by atoms with van der Waals surface area (Å²) in [6.45, 7) is 0.0151. The fourth-order valence-electron chi connectivity index (χ4n) is 6.22. The minimum atomic E-state index is -4.62. The second kappa shape index (κ2) is 10.6. The maximum absolute atomic E-state index is 13.6. The number of rotatable bonds is 8. The van der Waals surface area contributed by atoms with Gasteiger partial charge in [-0.3, -0.25) is 4.57 Å². The van der Waals surface area contributed by atoms with E-state index in [4.69, 9.17) is 9.47 Å². The van der Waals surface area contributed by atoms with E-state index in [1.807, 2.05) is 0 Å². The van der Waals surface area contributed by atoms with Crippen LogP contribution in [0.5, 0.6) is 5.75 Å². The Hall–Kier alpha value is -2.98. The number of methoxy groups -OCH3 is 1. The summed E-state index contributed by atoms with van der Waals surface area (Å²) >= 11 is 0. The molecule has 2 aliphatic rings. The quantitative estimate of drug-likeness (QED) is 0.277. The second-order valence-corrected chi connectivity index (χ2v) is 9.97. The molecule has 1 N–H and O–H groups in total. The van der Waals surface area contributed by atoms with Crippen molar-refractivity contribution in [3.05, 3.63) is 77.6 Å². The predicted octanol–water partition coefficient (Wildman–Crippen LogP) is 6.18. The summed E-state index contributed by atoms with van der Waals surface area (Å²) in [6, 6.07) is 11.4. The van der Waals surface area contributed by atoms with Crippen molar-refractivity contribution in [2.75, 3.05) is 26.9 Å². The normalized spacial score (nSPS) is 25.4. The van der Waals surface area contributed by atoms with Crippen molar-refractivity contribution in [3.8, 4) is 11.4 Å². The van der Waals surface area contributed by atoms with Crippen LogP contribution < -0.4 is 10.1 Å². The summed E-state index contributed by atoms with van der Waals surface area (Å²) in [4.78, 5) is 3.52. The SMILES string of the molecule is COc1ccc(-n2ccnc2C(F)(F)F)cc1[C@@H]1C[C@@]2(CCC[C@H]2c2ccc(F)cc2)OC1CNCCF. The van der Waals surface area contributed by atoms with E-state index in [9.17, 15) is 22.0 Å². The monoisotopic (exact) mass is 535 g/mol. The van der Waals surface area contributed by atoms with Gasteiger partial charge >= 0.3 is 6.18 Å². The molecule has 5 rings (SSSR count). The van der Waals surface area contributed by atoms with Gasteiger partial charge < -0.3 is 14.8 Å². The van der Waals surface area contributed by atoms with E-state index in [1.54, 1.807) is 30.3 Å². The van der Waals surface area contributed by atoms with Gasteiger partial charge in [-0.15, -0.1) is 0 Å². The van der Waals surface area contributed by atoms with Gasteiger partial charge in [0.15, 0.2) is 0 Å². The molecule has 204 valence electrons. The lowest BCUT2D eigenvalue weighted by molar-refractivity contribution is -0.145. The molecule has 2 aromatic carbocycles. The van der Waals surface area contributed by atoms with Gasteiger partial charge in [0.1, 0.15) is 18.2 Å². The van der Waals surface area contributed by atoms with Crippen molar-refractivity contribution in [2.24, 2.45) is 0 Å². The summed E-state index contributed by atoms with van der Waals surface area (Å²) in [6.07, 6.45) is 0.634. The molecule has 4 atom stereocenters. The standard InChI is InChI=1S/C28H30F5N3O2/c1-37-24-9-8-20(36-14-13-35-26(36)28(31,32)33)15-21(24)22-16-27(38-25(22)17-34-12-11-29)10-2-3-23(27)18-4-6-19(30)7-5-18/h4-9,13-15,22-23,25,34H,2-3,10-12,16-17H2,1H3/t22-,23-,25?,27+/m0/s1. The number of aromatic nitrogens is 2. The van der Waals surface area contributed by atoms with Crippen LogP contribution in [0.3, 0.4) is 0 Å². The Morgan fingerprint density at radius 1 is 1.18 bits per heavy atom. The first-order chi connectivity index (χ1) is 18.3. The number of imidazole rings is 1. The van der Waals surface area contributed by atoms with Gasteiger partial charge in [-0.2, -0.15) is 13.2 Å². The molecule has 0 bridgehead atoms. The summed E-state index contributed by atoms with van der Waals surface area (Å²) in [7, 11) is 1.52. The first-order valence-corrected chi connectivity index (χ1v) is 12.7. The van der Waals surface area contributed by atoms with Crippen molar-refractivity contribution in [3.63, 3.8) is 0 Å². The number of hydrogen-bond acceptors (Lipinski definition) is 4. The molecule has 2 heterocycles. The van der Waals surface area contributed by atoms with E-state index < -0.39 is 24.3 Å². The van der Waals surface area contributed by atoms with Crippen molar-refractivity contribution >= 4 is 0 Å². The predicted molar refractivity (Wildman–Crippen MR) is 132 cm³/mol. The lowest BCUT2D eigenvalue weighted by Gasteiger charge is -2.32. The lowest BCUT2D eigenvalue weighted by Crippen LogP contribution is -2.36. The van der Waals surface area contributed by atoms with E-state index in [2.05, 4.69) is 10.3 Å². The van der Waals surface area contributed by atoms with Gasteiger partial charge in [0.05, 0.1) is 18.8 Å². The fraction of sp³-hybridized carbons (Fsp3) is 0.464. The van der Waals surface area contributed by atoms with E-state index in [1.165, 1.54) is 25.4 Å². The van der Waals surface area contributed by atoms with Gasteiger partial charge in [-0.25, -0.2) is 13.8 Å². The van der Waals surface area contributed by atoms with Gasteiger partial charge in [-0.05, 0) is 61.6 Å². The van der Waals surface area contributed by atoms with Crippen molar-refractivity contribution < 1.29 is 31.4 Å². The third-order valence-corrected chi connectivity index (χ3v) is 7.80. The van der Waals surface area contributed by atoms with E-state index in [0.717, 1.165) is 41.2 Å². The van der Waals surface area contributed by atoms with Gasteiger partial charge in [0, 0.05) is 48.6 Å². The first kappa shape index (κ1) is 26.6.